The van der Waals surface area contributed by atoms with E-state index in [0.29, 0.717) is 36.1 Å². The average Bonchev–Trinajstić information content (AvgIpc) is 2.47. The van der Waals surface area contributed by atoms with Crippen LogP contribution in [0.3, 0.4) is 0 Å². The van der Waals surface area contributed by atoms with Crippen molar-refractivity contribution >= 4 is 17.5 Å². The third kappa shape index (κ3) is 2.60. The highest BCUT2D eigenvalue weighted by Gasteiger charge is 2.25. The van der Waals surface area contributed by atoms with Crippen LogP contribution in [0, 0.1) is 0 Å². The summed E-state index contributed by atoms with van der Waals surface area (Å²) >= 11 is 0. The molecule has 1 aliphatic rings. The predicted molar refractivity (Wildman–Crippen MR) is 80.3 cm³/mol. The van der Waals surface area contributed by atoms with Crippen LogP contribution in [-0.4, -0.2) is 22.5 Å². The Morgan fingerprint density at radius 1 is 1.43 bits per heavy atom. The third-order valence-electron chi connectivity index (χ3n) is 3.34. The first-order chi connectivity index (χ1) is 10.2. The molecule has 0 spiro atoms. The topological polar surface area (TPSA) is 80.5 Å². The van der Waals surface area contributed by atoms with E-state index in [2.05, 4.69) is 10.3 Å². The van der Waals surface area contributed by atoms with Gasteiger partial charge in [0.25, 0.3) is 0 Å². The zero-order valence-corrected chi connectivity index (χ0v) is 11.7. The average molecular weight is 284 g/mol. The normalized spacial score (nSPS) is 13.6. The van der Waals surface area contributed by atoms with E-state index in [1.807, 2.05) is 19.1 Å². The lowest BCUT2D eigenvalue weighted by molar-refractivity contribution is 0.209. The van der Waals surface area contributed by atoms with Gasteiger partial charge in [-0.25, -0.2) is 9.78 Å². The number of ether oxygens (including phenoxy) is 1. The van der Waals surface area contributed by atoms with Crippen LogP contribution in [0.5, 0.6) is 11.5 Å². The van der Waals surface area contributed by atoms with E-state index >= 15 is 0 Å². The summed E-state index contributed by atoms with van der Waals surface area (Å²) in [6.45, 7) is 3.03. The predicted octanol–water partition coefficient (Wildman–Crippen LogP) is 2.82. The fraction of sp³-hybridized carbons (Fsp3) is 0.200. The number of urea groups is 1. The van der Waals surface area contributed by atoms with Crippen LogP contribution in [0.15, 0.2) is 36.5 Å². The van der Waals surface area contributed by atoms with Crippen molar-refractivity contribution in [2.24, 2.45) is 0 Å². The molecule has 108 valence electrons. The van der Waals surface area contributed by atoms with Gasteiger partial charge in [0, 0.05) is 24.5 Å². The number of nitrogen functional groups attached to an aromatic ring is 1. The number of aromatic nitrogens is 1. The number of nitrogens with zero attached hydrogens (tertiary/aromatic N) is 2. The molecule has 21 heavy (non-hydrogen) atoms. The summed E-state index contributed by atoms with van der Waals surface area (Å²) in [5.41, 5.74) is 7.25. The number of amides is 2. The van der Waals surface area contributed by atoms with Gasteiger partial charge in [-0.1, -0.05) is 6.07 Å². The molecule has 0 fully saturated rings. The molecule has 3 N–H and O–H groups in total. The number of carbonyl (C=O) groups is 1. The lowest BCUT2D eigenvalue weighted by Gasteiger charge is -2.28. The minimum Gasteiger partial charge on any atom is -0.457 e. The molecule has 0 unspecified atom stereocenters. The van der Waals surface area contributed by atoms with E-state index in [9.17, 15) is 4.79 Å². The van der Waals surface area contributed by atoms with Gasteiger partial charge in [-0.15, -0.1) is 0 Å². The van der Waals surface area contributed by atoms with Crippen molar-refractivity contribution in [3.63, 3.8) is 0 Å². The zero-order valence-electron chi connectivity index (χ0n) is 11.7. The van der Waals surface area contributed by atoms with E-state index < -0.39 is 0 Å². The Labute approximate surface area is 122 Å². The molecule has 0 bridgehead atoms. The second kappa shape index (κ2) is 5.32. The summed E-state index contributed by atoms with van der Waals surface area (Å²) in [4.78, 5) is 17.7. The van der Waals surface area contributed by atoms with Crippen LogP contribution < -0.4 is 15.8 Å². The highest BCUT2D eigenvalue weighted by atomic mass is 16.5. The lowest BCUT2D eigenvalue weighted by atomic mass is 10.2. The molecule has 0 atom stereocenters. The first-order valence-corrected chi connectivity index (χ1v) is 6.74. The summed E-state index contributed by atoms with van der Waals surface area (Å²) in [5, 5.41) is 2.77. The molecule has 1 aliphatic heterocycles. The van der Waals surface area contributed by atoms with Gasteiger partial charge in [0.05, 0.1) is 12.1 Å². The fourth-order valence-corrected chi connectivity index (χ4v) is 2.23. The van der Waals surface area contributed by atoms with E-state index in [1.54, 1.807) is 29.3 Å². The molecule has 3 rings (SSSR count). The highest BCUT2D eigenvalue weighted by molar-refractivity contribution is 5.91. The van der Waals surface area contributed by atoms with Gasteiger partial charge in [0.1, 0.15) is 17.3 Å². The Morgan fingerprint density at radius 3 is 3.05 bits per heavy atom. The van der Waals surface area contributed by atoms with Gasteiger partial charge in [-0.2, -0.15) is 0 Å². The Bertz CT molecular complexity index is 687. The monoisotopic (exact) mass is 284 g/mol. The number of fused-ring (bicyclic) bond motifs is 1. The number of nitrogens with one attached hydrogen (secondary N) is 1. The first-order valence-electron chi connectivity index (χ1n) is 6.74. The number of benzene rings is 1. The van der Waals surface area contributed by atoms with Crippen molar-refractivity contribution in [3.8, 4) is 11.5 Å². The van der Waals surface area contributed by atoms with Gasteiger partial charge >= 0.3 is 6.03 Å². The number of rotatable bonds is 3. The van der Waals surface area contributed by atoms with Crippen molar-refractivity contribution < 1.29 is 9.53 Å². The summed E-state index contributed by atoms with van der Waals surface area (Å²) in [7, 11) is 0. The maximum absolute atomic E-state index is 11.8. The smallest absolute Gasteiger partial charge is 0.323 e. The first kappa shape index (κ1) is 13.2. The van der Waals surface area contributed by atoms with Crippen LogP contribution in [0.4, 0.5) is 16.3 Å². The van der Waals surface area contributed by atoms with Gasteiger partial charge in [0.2, 0.25) is 0 Å². The maximum Gasteiger partial charge on any atom is 0.323 e. The molecule has 6 heteroatoms. The Kier molecular flexibility index (Phi) is 3.35. The van der Waals surface area contributed by atoms with E-state index in [4.69, 9.17) is 10.5 Å². The second-order valence-corrected chi connectivity index (χ2v) is 4.76. The highest BCUT2D eigenvalue weighted by Crippen LogP contribution is 2.33. The summed E-state index contributed by atoms with van der Waals surface area (Å²) < 4.78 is 5.89. The number of hydrogen-bond donors (Lipinski definition) is 2. The van der Waals surface area contributed by atoms with Crippen molar-refractivity contribution in [3.05, 3.63) is 42.1 Å². The Morgan fingerprint density at radius 2 is 2.29 bits per heavy atom. The van der Waals surface area contributed by atoms with Crippen LogP contribution in [0.2, 0.25) is 0 Å². The minimum absolute atomic E-state index is 0.140. The van der Waals surface area contributed by atoms with Crippen molar-refractivity contribution in [2.45, 2.75) is 13.5 Å². The van der Waals surface area contributed by atoms with Gasteiger partial charge in [-0.05, 0) is 25.1 Å². The molecule has 0 saturated heterocycles. The maximum atomic E-state index is 11.8. The van der Waals surface area contributed by atoms with Crippen molar-refractivity contribution in [2.75, 3.05) is 17.6 Å². The molecule has 0 aliphatic carbocycles. The van der Waals surface area contributed by atoms with E-state index in [0.717, 1.165) is 5.56 Å². The molecule has 2 amide bonds. The molecule has 6 nitrogen and oxygen atoms in total. The molecule has 1 aromatic carbocycles. The fourth-order valence-electron chi connectivity index (χ4n) is 2.23. The van der Waals surface area contributed by atoms with Crippen molar-refractivity contribution in [1.29, 1.82) is 0 Å². The Hall–Kier alpha value is -2.76. The van der Waals surface area contributed by atoms with Gasteiger partial charge in [0.15, 0.2) is 0 Å². The number of carbonyl (C=O) groups excluding carboxylic acids is 1. The van der Waals surface area contributed by atoms with Crippen LogP contribution in [-0.2, 0) is 6.54 Å². The number of hydrogen-bond acceptors (Lipinski definition) is 4. The number of nitrogens with two attached hydrogens (primary N) is 1. The molecule has 0 saturated carbocycles. The SMILES string of the molecule is CCN1Cc2c(Oc3cccc(N)c3)ccnc2NC1=O. The number of anilines is 2. The number of pyridine rings is 1. The van der Waals surface area contributed by atoms with Crippen LogP contribution in [0.1, 0.15) is 12.5 Å². The van der Waals surface area contributed by atoms with Gasteiger partial charge < -0.3 is 15.4 Å². The minimum atomic E-state index is -0.140. The zero-order chi connectivity index (χ0) is 14.8. The molecule has 2 heterocycles. The van der Waals surface area contributed by atoms with Gasteiger partial charge in [-0.3, -0.25) is 5.32 Å². The summed E-state index contributed by atoms with van der Waals surface area (Å²) in [6.07, 6.45) is 1.61. The quantitative estimate of drug-likeness (QED) is 0.849. The largest absolute Gasteiger partial charge is 0.457 e. The standard InChI is InChI=1S/C15H16N4O2/c1-2-19-9-12-13(6-7-17-14(12)18-15(19)20)21-11-5-3-4-10(16)8-11/h3-8H,2,9,16H2,1H3,(H,17,18,20). The lowest BCUT2D eigenvalue weighted by Crippen LogP contribution is -2.38. The van der Waals surface area contributed by atoms with E-state index in [1.165, 1.54) is 0 Å². The summed E-state index contributed by atoms with van der Waals surface area (Å²) in [6, 6.07) is 8.87. The second-order valence-electron chi connectivity index (χ2n) is 4.76. The third-order valence-corrected chi connectivity index (χ3v) is 3.34. The Balaban J connectivity index is 1.94. The van der Waals surface area contributed by atoms with Crippen LogP contribution >= 0.6 is 0 Å². The molecule has 2 aromatic rings. The molecular weight excluding hydrogens is 268 g/mol. The summed E-state index contributed by atoms with van der Waals surface area (Å²) in [5.74, 6) is 1.87. The molecule has 1 aromatic heterocycles. The van der Waals surface area contributed by atoms with E-state index in [-0.39, 0.29) is 6.03 Å². The molecule has 0 radical (unpaired) electrons. The molecular formula is C15H16N4O2. The van der Waals surface area contributed by atoms with Crippen LogP contribution in [0.25, 0.3) is 0 Å². The van der Waals surface area contributed by atoms with Crippen molar-refractivity contribution in [1.82, 2.24) is 9.88 Å².